The van der Waals surface area contributed by atoms with E-state index in [0.29, 0.717) is 32.2 Å². The van der Waals surface area contributed by atoms with Crippen LogP contribution in [-0.2, 0) is 14.3 Å². The predicted octanol–water partition coefficient (Wildman–Crippen LogP) is 6.31. The van der Waals surface area contributed by atoms with Gasteiger partial charge in [0.25, 0.3) is 0 Å². The summed E-state index contributed by atoms with van der Waals surface area (Å²) in [5.41, 5.74) is -1.04. The van der Waals surface area contributed by atoms with Crippen molar-refractivity contribution in [3.05, 3.63) is 69.9 Å². The van der Waals surface area contributed by atoms with Crippen LogP contribution in [0.25, 0.3) is 0 Å². The average Bonchev–Trinajstić information content (AvgIpc) is 3.32. The Labute approximate surface area is 266 Å². The number of carbonyl (C=O) groups excluding carboxylic acids is 3. The van der Waals surface area contributed by atoms with Gasteiger partial charge in [-0.3, -0.25) is 14.6 Å². The first-order chi connectivity index (χ1) is 22.1. The Hall–Kier alpha value is -4.36. The van der Waals surface area contributed by atoms with Crippen molar-refractivity contribution in [1.82, 2.24) is 5.32 Å². The predicted molar refractivity (Wildman–Crippen MR) is 158 cm³/mol. The second-order valence-corrected chi connectivity index (χ2v) is 13.0. The highest BCUT2D eigenvalue weighted by Crippen LogP contribution is 2.45. The molecule has 47 heavy (non-hydrogen) atoms. The molecular weight excluding hydrogens is 632 g/mol. The molecule has 0 bridgehead atoms. The van der Waals surface area contributed by atoms with E-state index in [1.165, 1.54) is 6.07 Å². The quantitative estimate of drug-likeness (QED) is 0.122. The van der Waals surface area contributed by atoms with Crippen LogP contribution < -0.4 is 15.0 Å². The molecule has 5 rings (SSSR count). The fourth-order valence-corrected chi connectivity index (χ4v) is 6.37. The Bertz CT molecular complexity index is 1680. The van der Waals surface area contributed by atoms with Gasteiger partial charge in [-0.2, -0.15) is 8.78 Å². The first-order valence-electron chi connectivity index (χ1n) is 15.1. The van der Waals surface area contributed by atoms with E-state index in [9.17, 15) is 36.3 Å². The van der Waals surface area contributed by atoms with Crippen LogP contribution in [-0.4, -0.2) is 48.8 Å². The molecule has 3 atom stereocenters. The SMILES string of the molecule is CC1CCC(=O)C1(COC(=O)C(C)(C)C)N(c1ccc(C(=O)Oc2c(F)c(F)c(F)c(F)c2F)c(F)c1)C1CCC2=C(CN=CN2)C1. The van der Waals surface area contributed by atoms with E-state index in [1.54, 1.807) is 32.0 Å². The number of esters is 2. The third-order valence-electron chi connectivity index (χ3n) is 9.00. The van der Waals surface area contributed by atoms with Crippen LogP contribution in [0.3, 0.4) is 0 Å². The van der Waals surface area contributed by atoms with Gasteiger partial charge < -0.3 is 19.7 Å². The number of Topliss-reactive ketones (excluding diaryl/α,β-unsaturated/α-hetero) is 1. The Morgan fingerprint density at radius 3 is 2.26 bits per heavy atom. The third kappa shape index (κ3) is 6.09. The van der Waals surface area contributed by atoms with Crippen molar-refractivity contribution in [1.29, 1.82) is 0 Å². The van der Waals surface area contributed by atoms with E-state index in [4.69, 9.17) is 4.74 Å². The molecule has 1 fully saturated rings. The molecule has 0 spiro atoms. The summed E-state index contributed by atoms with van der Waals surface area (Å²) < 4.78 is 95.2. The highest BCUT2D eigenvalue weighted by molar-refractivity contribution is 5.96. The van der Waals surface area contributed by atoms with Crippen molar-refractivity contribution >= 4 is 29.7 Å². The smallest absolute Gasteiger partial charge is 0.346 e. The number of halogens is 6. The molecule has 0 saturated heterocycles. The number of anilines is 1. The molecule has 0 aromatic heterocycles. The summed E-state index contributed by atoms with van der Waals surface area (Å²) in [5.74, 6) is -17.9. The minimum Gasteiger partial charge on any atom is -0.462 e. The molecular formula is C33H33F6N3O5. The van der Waals surface area contributed by atoms with Gasteiger partial charge in [0.05, 0.1) is 23.9 Å². The fourth-order valence-electron chi connectivity index (χ4n) is 6.37. The van der Waals surface area contributed by atoms with E-state index in [1.807, 2.05) is 6.92 Å². The van der Waals surface area contributed by atoms with Crippen LogP contribution in [0.2, 0.25) is 0 Å². The molecule has 14 heteroatoms. The van der Waals surface area contributed by atoms with E-state index in [-0.39, 0.29) is 30.4 Å². The number of allylic oxidation sites excluding steroid dienone is 1. The Balaban J connectivity index is 1.56. The highest BCUT2D eigenvalue weighted by atomic mass is 19.2. The van der Waals surface area contributed by atoms with Gasteiger partial charge in [-0.25, -0.2) is 22.4 Å². The second-order valence-electron chi connectivity index (χ2n) is 13.0. The van der Waals surface area contributed by atoms with Gasteiger partial charge in [-0.05, 0) is 76.1 Å². The summed E-state index contributed by atoms with van der Waals surface area (Å²) in [6, 6.07) is 2.75. The summed E-state index contributed by atoms with van der Waals surface area (Å²) in [5, 5.41) is 3.14. The number of benzene rings is 2. The van der Waals surface area contributed by atoms with Crippen molar-refractivity contribution in [2.45, 2.75) is 71.4 Å². The Kier molecular flexibility index (Phi) is 9.17. The molecule has 252 valence electrons. The molecule has 1 N–H and O–H groups in total. The number of nitrogens with zero attached hydrogens (tertiary/aromatic N) is 2. The topological polar surface area (TPSA) is 97.3 Å². The Morgan fingerprint density at radius 1 is 1.00 bits per heavy atom. The molecule has 0 amide bonds. The molecule has 1 saturated carbocycles. The van der Waals surface area contributed by atoms with Crippen LogP contribution in [0.4, 0.5) is 32.0 Å². The zero-order valence-electron chi connectivity index (χ0n) is 26.1. The van der Waals surface area contributed by atoms with Gasteiger partial charge in [0.1, 0.15) is 18.0 Å². The standard InChI is InChI=1S/C33H33F6N3O5/c1-16-5-10-23(43)33(16,14-46-31(45)32(2,3)4)42(18-7-9-22-17(11-18)13-40-15-41-22)19-6-8-20(21(34)12-19)30(44)47-29-27(38)25(36)24(35)26(37)28(29)39/h6,8,12,15-16,18H,5,7,9-11,13-14H2,1-4H3,(H,40,41). The van der Waals surface area contributed by atoms with Crippen molar-refractivity contribution < 1.29 is 50.2 Å². The maximum Gasteiger partial charge on any atom is 0.346 e. The number of hydrogen-bond donors (Lipinski definition) is 1. The third-order valence-corrected chi connectivity index (χ3v) is 9.00. The molecule has 3 unspecified atom stereocenters. The summed E-state index contributed by atoms with van der Waals surface area (Å²) in [6.45, 7) is 6.95. The zero-order chi connectivity index (χ0) is 34.4. The normalized spacial score (nSPS) is 22.6. The minimum atomic E-state index is -2.45. The van der Waals surface area contributed by atoms with Crippen LogP contribution in [0, 0.1) is 46.2 Å². The van der Waals surface area contributed by atoms with Crippen LogP contribution in [0.1, 0.15) is 70.2 Å². The lowest BCUT2D eigenvalue weighted by molar-refractivity contribution is -0.156. The van der Waals surface area contributed by atoms with E-state index in [2.05, 4.69) is 15.0 Å². The zero-order valence-corrected chi connectivity index (χ0v) is 26.1. The van der Waals surface area contributed by atoms with Crippen LogP contribution in [0.15, 0.2) is 34.5 Å². The van der Waals surface area contributed by atoms with Gasteiger partial charge in [-0.15, -0.1) is 0 Å². The molecule has 2 aromatic rings. The first-order valence-corrected chi connectivity index (χ1v) is 15.1. The van der Waals surface area contributed by atoms with E-state index in [0.717, 1.165) is 23.4 Å². The lowest BCUT2D eigenvalue weighted by Gasteiger charge is -2.50. The molecule has 3 aliphatic rings. The number of ether oxygens (including phenoxy) is 2. The van der Waals surface area contributed by atoms with Gasteiger partial charge in [0, 0.05) is 23.8 Å². The fraction of sp³-hybridized carbons (Fsp3) is 0.455. The maximum absolute atomic E-state index is 15.8. The molecule has 0 radical (unpaired) electrons. The van der Waals surface area contributed by atoms with Gasteiger partial charge in [0.15, 0.2) is 5.78 Å². The van der Waals surface area contributed by atoms with Crippen molar-refractivity contribution in [2.24, 2.45) is 16.3 Å². The minimum absolute atomic E-state index is 0.144. The lowest BCUT2D eigenvalue weighted by Crippen LogP contribution is -2.63. The van der Waals surface area contributed by atoms with E-state index < -0.39 is 75.2 Å². The van der Waals surface area contributed by atoms with Gasteiger partial charge in [0.2, 0.25) is 34.8 Å². The number of aliphatic imine (C=N–C) groups is 1. The number of rotatable bonds is 7. The van der Waals surface area contributed by atoms with Gasteiger partial charge >= 0.3 is 11.9 Å². The highest BCUT2D eigenvalue weighted by Gasteiger charge is 2.55. The van der Waals surface area contributed by atoms with Crippen molar-refractivity contribution in [3.63, 3.8) is 0 Å². The van der Waals surface area contributed by atoms with Crippen molar-refractivity contribution in [2.75, 3.05) is 18.1 Å². The first kappa shape index (κ1) is 34.0. The molecule has 2 aromatic carbocycles. The summed E-state index contributed by atoms with van der Waals surface area (Å²) in [7, 11) is 0. The number of carbonyl (C=O) groups is 3. The second kappa shape index (κ2) is 12.7. The van der Waals surface area contributed by atoms with Crippen molar-refractivity contribution in [3.8, 4) is 5.75 Å². The number of ketones is 1. The number of nitrogens with one attached hydrogen (secondary N) is 1. The Morgan fingerprint density at radius 2 is 1.66 bits per heavy atom. The monoisotopic (exact) mass is 665 g/mol. The van der Waals surface area contributed by atoms with Crippen LogP contribution in [0.5, 0.6) is 5.75 Å². The summed E-state index contributed by atoms with van der Waals surface area (Å²) >= 11 is 0. The average molecular weight is 666 g/mol. The van der Waals surface area contributed by atoms with Crippen LogP contribution >= 0.6 is 0 Å². The molecule has 2 aliphatic carbocycles. The summed E-state index contributed by atoms with van der Waals surface area (Å²) in [4.78, 5) is 45.6. The maximum atomic E-state index is 15.8. The molecule has 1 aliphatic heterocycles. The largest absolute Gasteiger partial charge is 0.462 e. The molecule has 8 nitrogen and oxygen atoms in total. The molecule has 1 heterocycles. The lowest BCUT2D eigenvalue weighted by atomic mass is 9.80. The number of hydrogen-bond acceptors (Lipinski definition) is 8. The summed E-state index contributed by atoms with van der Waals surface area (Å²) in [6.07, 6.45) is 3.76. The van der Waals surface area contributed by atoms with Gasteiger partial charge in [-0.1, -0.05) is 6.92 Å². The van der Waals surface area contributed by atoms with E-state index >= 15 is 4.39 Å².